The van der Waals surface area contributed by atoms with Gasteiger partial charge < -0.3 is 14.0 Å². The highest BCUT2D eigenvalue weighted by atomic mass is 32.1. The summed E-state index contributed by atoms with van der Waals surface area (Å²) in [7, 11) is 0. The molecule has 1 aromatic carbocycles. The lowest BCUT2D eigenvalue weighted by Gasteiger charge is -2.06. The van der Waals surface area contributed by atoms with Crippen molar-refractivity contribution in [3.05, 3.63) is 45.4 Å². The second-order valence-corrected chi connectivity index (χ2v) is 7.15. The fraction of sp³-hybridized carbons (Fsp3) is 0.333. The standard InChI is InChI=1S/C18H20N2O3S2/c1-3-22-10-9-20-14-8-7-13(23-4-2)12-16(14)25-18(20)19-17(21)15-6-5-11-24-15/h5-8,11-12H,3-4,9-10H2,1-2H3. The summed E-state index contributed by atoms with van der Waals surface area (Å²) in [6, 6.07) is 9.60. The molecule has 7 heteroatoms. The lowest BCUT2D eigenvalue weighted by atomic mass is 10.3. The van der Waals surface area contributed by atoms with E-state index >= 15 is 0 Å². The van der Waals surface area contributed by atoms with E-state index in [0.29, 0.717) is 36.0 Å². The molecule has 0 fully saturated rings. The van der Waals surface area contributed by atoms with Crippen molar-refractivity contribution in [2.75, 3.05) is 19.8 Å². The van der Waals surface area contributed by atoms with Crippen LogP contribution >= 0.6 is 22.7 Å². The molecule has 2 heterocycles. The fourth-order valence-corrected chi connectivity index (χ4v) is 4.14. The van der Waals surface area contributed by atoms with Gasteiger partial charge in [-0.1, -0.05) is 17.4 Å². The minimum atomic E-state index is -0.211. The summed E-state index contributed by atoms with van der Waals surface area (Å²) in [5.74, 6) is 0.612. The van der Waals surface area contributed by atoms with Gasteiger partial charge >= 0.3 is 0 Å². The predicted molar refractivity (Wildman–Crippen MR) is 102 cm³/mol. The third-order valence-electron chi connectivity index (χ3n) is 3.56. The summed E-state index contributed by atoms with van der Waals surface area (Å²) in [6.07, 6.45) is 0. The van der Waals surface area contributed by atoms with Crippen LogP contribution in [0.3, 0.4) is 0 Å². The van der Waals surface area contributed by atoms with E-state index in [2.05, 4.69) is 4.99 Å². The molecular weight excluding hydrogens is 356 g/mol. The quantitative estimate of drug-likeness (QED) is 0.587. The first-order chi connectivity index (χ1) is 12.2. The first-order valence-corrected chi connectivity index (χ1v) is 9.89. The van der Waals surface area contributed by atoms with E-state index in [4.69, 9.17) is 9.47 Å². The largest absolute Gasteiger partial charge is 0.494 e. The molecule has 0 saturated heterocycles. The average molecular weight is 377 g/mol. The number of fused-ring (bicyclic) bond motifs is 1. The zero-order chi connectivity index (χ0) is 17.6. The Morgan fingerprint density at radius 1 is 1.24 bits per heavy atom. The van der Waals surface area contributed by atoms with Crippen LogP contribution in [0.15, 0.2) is 40.7 Å². The maximum Gasteiger partial charge on any atom is 0.289 e. The van der Waals surface area contributed by atoms with Crippen LogP contribution in [-0.4, -0.2) is 30.3 Å². The number of nitrogens with zero attached hydrogens (tertiary/aromatic N) is 2. The van der Waals surface area contributed by atoms with Gasteiger partial charge in [0.1, 0.15) is 5.75 Å². The molecular formula is C18H20N2O3S2. The summed E-state index contributed by atoms with van der Waals surface area (Å²) in [6.45, 7) is 6.44. The molecule has 0 atom stereocenters. The van der Waals surface area contributed by atoms with E-state index in [0.717, 1.165) is 16.0 Å². The minimum absolute atomic E-state index is 0.211. The molecule has 0 aliphatic heterocycles. The molecule has 5 nitrogen and oxygen atoms in total. The van der Waals surface area contributed by atoms with Crippen LogP contribution in [0.1, 0.15) is 23.5 Å². The highest BCUT2D eigenvalue weighted by Gasteiger charge is 2.11. The van der Waals surface area contributed by atoms with Gasteiger partial charge in [-0.25, -0.2) is 0 Å². The Morgan fingerprint density at radius 2 is 2.12 bits per heavy atom. The summed E-state index contributed by atoms with van der Waals surface area (Å²) >= 11 is 2.89. The SMILES string of the molecule is CCOCCn1c(=NC(=O)c2cccs2)sc2cc(OCC)ccc21. The van der Waals surface area contributed by atoms with Crippen molar-refractivity contribution >= 4 is 38.8 Å². The summed E-state index contributed by atoms with van der Waals surface area (Å²) in [4.78, 5) is 18.1. The number of aromatic nitrogens is 1. The van der Waals surface area contributed by atoms with Gasteiger partial charge in [0.05, 0.1) is 28.3 Å². The topological polar surface area (TPSA) is 52.8 Å². The van der Waals surface area contributed by atoms with Gasteiger partial charge in [-0.05, 0) is 43.5 Å². The molecule has 0 N–H and O–H groups in total. The van der Waals surface area contributed by atoms with E-state index < -0.39 is 0 Å². The van der Waals surface area contributed by atoms with Gasteiger partial charge in [-0.3, -0.25) is 4.79 Å². The van der Waals surface area contributed by atoms with Crippen LogP contribution in [-0.2, 0) is 11.3 Å². The van der Waals surface area contributed by atoms with Crippen molar-refractivity contribution < 1.29 is 14.3 Å². The third-order valence-corrected chi connectivity index (χ3v) is 5.46. The minimum Gasteiger partial charge on any atom is -0.494 e. The Bertz CT molecular complexity index is 910. The smallest absolute Gasteiger partial charge is 0.289 e. The van der Waals surface area contributed by atoms with E-state index in [-0.39, 0.29) is 5.91 Å². The molecule has 0 saturated carbocycles. The van der Waals surface area contributed by atoms with Gasteiger partial charge in [0.25, 0.3) is 5.91 Å². The fourth-order valence-electron chi connectivity index (χ4n) is 2.45. The number of carbonyl (C=O) groups is 1. The molecule has 0 bridgehead atoms. The normalized spacial score (nSPS) is 12.0. The van der Waals surface area contributed by atoms with Gasteiger partial charge in [-0.2, -0.15) is 4.99 Å². The van der Waals surface area contributed by atoms with Gasteiger partial charge in [0, 0.05) is 13.2 Å². The van der Waals surface area contributed by atoms with Crippen molar-refractivity contribution in [3.63, 3.8) is 0 Å². The van der Waals surface area contributed by atoms with Crippen molar-refractivity contribution in [2.24, 2.45) is 4.99 Å². The van der Waals surface area contributed by atoms with E-state index in [1.165, 1.54) is 22.7 Å². The maximum absolute atomic E-state index is 12.4. The second-order valence-electron chi connectivity index (χ2n) is 5.19. The zero-order valence-corrected chi connectivity index (χ0v) is 15.9. The monoisotopic (exact) mass is 376 g/mol. The molecule has 25 heavy (non-hydrogen) atoms. The van der Waals surface area contributed by atoms with E-state index in [1.807, 2.05) is 48.1 Å². The van der Waals surface area contributed by atoms with Gasteiger partial charge in [0.2, 0.25) is 0 Å². The van der Waals surface area contributed by atoms with Crippen molar-refractivity contribution in [3.8, 4) is 5.75 Å². The second kappa shape index (κ2) is 8.42. The Hall–Kier alpha value is -1.96. The van der Waals surface area contributed by atoms with Crippen molar-refractivity contribution in [1.29, 1.82) is 0 Å². The number of thiazole rings is 1. The Balaban J connectivity index is 2.04. The lowest BCUT2D eigenvalue weighted by molar-refractivity contribution is 0.100. The lowest BCUT2D eigenvalue weighted by Crippen LogP contribution is -2.19. The number of hydrogen-bond donors (Lipinski definition) is 0. The molecule has 0 unspecified atom stereocenters. The number of benzene rings is 1. The van der Waals surface area contributed by atoms with Gasteiger partial charge in [-0.15, -0.1) is 11.3 Å². The first kappa shape index (κ1) is 17.8. The number of ether oxygens (including phenoxy) is 2. The average Bonchev–Trinajstić information content (AvgIpc) is 3.24. The van der Waals surface area contributed by atoms with Crippen molar-refractivity contribution in [1.82, 2.24) is 4.57 Å². The molecule has 0 radical (unpaired) electrons. The van der Waals surface area contributed by atoms with Crippen LogP contribution in [0.5, 0.6) is 5.75 Å². The summed E-state index contributed by atoms with van der Waals surface area (Å²) in [5, 5.41) is 1.88. The molecule has 3 rings (SSSR count). The van der Waals surface area contributed by atoms with Crippen molar-refractivity contribution in [2.45, 2.75) is 20.4 Å². The Kier molecular flexibility index (Phi) is 6.01. The third kappa shape index (κ3) is 4.18. The summed E-state index contributed by atoms with van der Waals surface area (Å²) in [5.41, 5.74) is 1.03. The van der Waals surface area contributed by atoms with Crippen LogP contribution in [0.2, 0.25) is 0 Å². The number of thiophene rings is 1. The first-order valence-electron chi connectivity index (χ1n) is 8.19. The maximum atomic E-state index is 12.4. The van der Waals surface area contributed by atoms with Crippen LogP contribution in [0.4, 0.5) is 0 Å². The molecule has 3 aromatic rings. The molecule has 132 valence electrons. The van der Waals surface area contributed by atoms with E-state index in [1.54, 1.807) is 6.07 Å². The van der Waals surface area contributed by atoms with Crippen LogP contribution in [0.25, 0.3) is 10.2 Å². The Labute approximate surface area is 154 Å². The predicted octanol–water partition coefficient (Wildman–Crippen LogP) is 3.94. The summed E-state index contributed by atoms with van der Waals surface area (Å²) < 4.78 is 14.1. The van der Waals surface area contributed by atoms with Crippen LogP contribution in [0, 0.1) is 0 Å². The molecule has 0 aliphatic carbocycles. The zero-order valence-electron chi connectivity index (χ0n) is 14.2. The molecule has 1 amide bonds. The Morgan fingerprint density at radius 3 is 2.84 bits per heavy atom. The molecule has 0 spiro atoms. The highest BCUT2D eigenvalue weighted by Crippen LogP contribution is 2.23. The van der Waals surface area contributed by atoms with E-state index in [9.17, 15) is 4.79 Å². The van der Waals surface area contributed by atoms with Gasteiger partial charge in [0.15, 0.2) is 4.80 Å². The highest BCUT2D eigenvalue weighted by molar-refractivity contribution is 7.16. The molecule has 2 aromatic heterocycles. The number of rotatable bonds is 7. The van der Waals surface area contributed by atoms with Crippen LogP contribution < -0.4 is 9.54 Å². The number of amides is 1. The molecule has 0 aliphatic rings. The number of hydrogen-bond acceptors (Lipinski definition) is 5. The number of carbonyl (C=O) groups excluding carboxylic acids is 1.